The normalized spacial score (nSPS) is 16.6. The summed E-state index contributed by atoms with van der Waals surface area (Å²) in [5.41, 5.74) is 0. The van der Waals surface area contributed by atoms with Gasteiger partial charge in [-0.05, 0) is 12.1 Å². The Morgan fingerprint density at radius 3 is 2.35 bits per heavy atom. The lowest BCUT2D eigenvalue weighted by molar-refractivity contribution is -0.0191. The van der Waals surface area contributed by atoms with Crippen molar-refractivity contribution in [2.45, 2.75) is 19.6 Å². The predicted octanol–water partition coefficient (Wildman–Crippen LogP) is 1.40. The number of benzene rings is 1. The number of ether oxygens (including phenoxy) is 2. The van der Waals surface area contributed by atoms with Crippen LogP contribution in [0, 0.1) is 0 Å². The van der Waals surface area contributed by atoms with E-state index in [1.165, 1.54) is 0 Å². The fourth-order valence-corrected chi connectivity index (χ4v) is 1.26. The van der Waals surface area contributed by atoms with E-state index in [-0.39, 0.29) is 0 Å². The van der Waals surface area contributed by atoms with Crippen LogP contribution in [0.1, 0.15) is 13.3 Å². The van der Waals surface area contributed by atoms with Gasteiger partial charge in [0, 0.05) is 19.5 Å². The first-order valence-electron chi connectivity index (χ1n) is 6.01. The Hall–Kier alpha value is -1.10. The van der Waals surface area contributed by atoms with Crippen molar-refractivity contribution in [1.29, 1.82) is 0 Å². The van der Waals surface area contributed by atoms with Crippen LogP contribution in [0.15, 0.2) is 30.3 Å². The van der Waals surface area contributed by atoms with Crippen molar-refractivity contribution in [3.63, 3.8) is 0 Å². The van der Waals surface area contributed by atoms with Gasteiger partial charge in [-0.1, -0.05) is 25.1 Å². The summed E-state index contributed by atoms with van der Waals surface area (Å²) in [6.07, 6.45) is -0.0769. The molecule has 0 saturated carbocycles. The minimum atomic E-state index is -0.683. The van der Waals surface area contributed by atoms with Crippen molar-refractivity contribution in [3.05, 3.63) is 30.3 Å². The summed E-state index contributed by atoms with van der Waals surface area (Å²) < 4.78 is 10.1. The highest BCUT2D eigenvalue weighted by molar-refractivity contribution is 5.20. The van der Waals surface area contributed by atoms with E-state index in [9.17, 15) is 0 Å². The summed E-state index contributed by atoms with van der Waals surface area (Å²) in [6.45, 7) is 5.70. The Morgan fingerprint density at radius 1 is 1.29 bits per heavy atom. The summed E-state index contributed by atoms with van der Waals surface area (Å²) >= 11 is 0. The summed E-state index contributed by atoms with van der Waals surface area (Å²) in [5, 5.41) is 12.2. The molecule has 17 heavy (non-hydrogen) atoms. The molecule has 1 aliphatic rings. The summed E-state index contributed by atoms with van der Waals surface area (Å²) in [7, 11) is 0. The van der Waals surface area contributed by atoms with Gasteiger partial charge in [-0.3, -0.25) is 0 Å². The lowest BCUT2D eigenvalue weighted by Crippen LogP contribution is -2.30. The minimum Gasteiger partial charge on any atom is -0.465 e. The standard InChI is InChI=1S/C9H12O2.C4H9NO/c1-2-9(10)11-8-6-4-3-5-7-8;1-3-6-4-2-5-1/h3-7,9-10H,2H2,1H3;5H,1-4H2. The highest BCUT2D eigenvalue weighted by Gasteiger charge is 1.99. The summed E-state index contributed by atoms with van der Waals surface area (Å²) in [6, 6.07) is 9.29. The molecule has 1 atom stereocenters. The molecule has 1 heterocycles. The van der Waals surface area contributed by atoms with Crippen LogP contribution in [-0.2, 0) is 4.74 Å². The average Bonchev–Trinajstić information content (AvgIpc) is 2.42. The number of aliphatic hydroxyl groups excluding tert-OH is 1. The minimum absolute atomic E-state index is 0.606. The molecule has 2 N–H and O–H groups in total. The molecule has 96 valence electrons. The molecule has 1 unspecified atom stereocenters. The zero-order valence-electron chi connectivity index (χ0n) is 10.3. The third-order valence-corrected chi connectivity index (χ3v) is 2.21. The van der Waals surface area contributed by atoms with Crippen LogP contribution in [0.5, 0.6) is 5.75 Å². The summed E-state index contributed by atoms with van der Waals surface area (Å²) in [4.78, 5) is 0. The number of hydrogen-bond acceptors (Lipinski definition) is 4. The molecule has 1 aromatic rings. The highest BCUT2D eigenvalue weighted by Crippen LogP contribution is 2.10. The molecule has 0 amide bonds. The first kappa shape index (κ1) is 14.0. The quantitative estimate of drug-likeness (QED) is 0.783. The smallest absolute Gasteiger partial charge is 0.197 e. The number of hydrogen-bond donors (Lipinski definition) is 2. The van der Waals surface area contributed by atoms with Gasteiger partial charge in [0.05, 0.1) is 13.2 Å². The topological polar surface area (TPSA) is 50.7 Å². The molecule has 1 aliphatic heterocycles. The molecule has 0 bridgehead atoms. The van der Waals surface area contributed by atoms with E-state index in [1.807, 2.05) is 37.3 Å². The molecule has 0 aromatic heterocycles. The van der Waals surface area contributed by atoms with Gasteiger partial charge in [-0.2, -0.15) is 0 Å². The van der Waals surface area contributed by atoms with Gasteiger partial charge in [0.1, 0.15) is 5.75 Å². The van der Waals surface area contributed by atoms with Crippen LogP contribution in [0.2, 0.25) is 0 Å². The van der Waals surface area contributed by atoms with Gasteiger partial charge >= 0.3 is 0 Å². The zero-order valence-corrected chi connectivity index (χ0v) is 10.3. The Kier molecular flexibility index (Phi) is 7.38. The van der Waals surface area contributed by atoms with Crippen LogP contribution >= 0.6 is 0 Å². The van der Waals surface area contributed by atoms with Crippen molar-refractivity contribution in [2.24, 2.45) is 0 Å². The predicted molar refractivity (Wildman–Crippen MR) is 67.1 cm³/mol. The van der Waals surface area contributed by atoms with Crippen LogP contribution < -0.4 is 10.1 Å². The third kappa shape index (κ3) is 6.94. The Bertz CT molecular complexity index is 264. The maximum Gasteiger partial charge on any atom is 0.197 e. The van der Waals surface area contributed by atoms with Gasteiger partial charge in [0.15, 0.2) is 6.29 Å². The molecule has 4 heteroatoms. The van der Waals surface area contributed by atoms with Gasteiger partial charge in [0.25, 0.3) is 0 Å². The molecule has 0 radical (unpaired) electrons. The number of rotatable bonds is 3. The third-order valence-electron chi connectivity index (χ3n) is 2.21. The van der Waals surface area contributed by atoms with E-state index >= 15 is 0 Å². The van der Waals surface area contributed by atoms with Crippen molar-refractivity contribution in [1.82, 2.24) is 5.32 Å². The first-order chi connectivity index (χ1) is 8.33. The fourth-order valence-electron chi connectivity index (χ4n) is 1.26. The molecular formula is C13H21NO3. The fraction of sp³-hybridized carbons (Fsp3) is 0.538. The maximum absolute atomic E-state index is 9.09. The van der Waals surface area contributed by atoms with Crippen molar-refractivity contribution in [2.75, 3.05) is 26.3 Å². The van der Waals surface area contributed by atoms with Gasteiger partial charge in [-0.15, -0.1) is 0 Å². The molecule has 4 nitrogen and oxygen atoms in total. The molecule has 1 aromatic carbocycles. The number of para-hydroxylation sites is 1. The molecule has 1 fully saturated rings. The van der Waals surface area contributed by atoms with Gasteiger partial charge in [0.2, 0.25) is 0 Å². The molecule has 0 spiro atoms. The number of nitrogens with one attached hydrogen (secondary N) is 1. The average molecular weight is 239 g/mol. The largest absolute Gasteiger partial charge is 0.465 e. The van der Waals surface area contributed by atoms with E-state index in [1.54, 1.807) is 0 Å². The Balaban J connectivity index is 0.000000202. The van der Waals surface area contributed by atoms with E-state index in [0.717, 1.165) is 26.3 Å². The Labute approximate surface area is 103 Å². The van der Waals surface area contributed by atoms with Gasteiger partial charge in [-0.25, -0.2) is 0 Å². The van der Waals surface area contributed by atoms with Gasteiger partial charge < -0.3 is 19.9 Å². The highest BCUT2D eigenvalue weighted by atomic mass is 16.6. The second-order valence-electron chi connectivity index (χ2n) is 3.66. The number of aliphatic hydroxyl groups is 1. The van der Waals surface area contributed by atoms with Crippen molar-refractivity contribution >= 4 is 0 Å². The summed E-state index contributed by atoms with van der Waals surface area (Å²) in [5.74, 6) is 0.710. The molecular weight excluding hydrogens is 218 g/mol. The first-order valence-corrected chi connectivity index (χ1v) is 6.01. The zero-order chi connectivity index (χ0) is 12.3. The van der Waals surface area contributed by atoms with Crippen molar-refractivity contribution in [3.8, 4) is 5.75 Å². The SMILES string of the molecule is C1COCCN1.CCC(O)Oc1ccccc1. The number of morpholine rings is 1. The molecule has 0 aliphatic carbocycles. The van der Waals surface area contributed by atoms with E-state index in [0.29, 0.717) is 12.2 Å². The van der Waals surface area contributed by atoms with Crippen LogP contribution in [-0.4, -0.2) is 37.7 Å². The van der Waals surface area contributed by atoms with E-state index in [2.05, 4.69) is 5.32 Å². The molecule has 2 rings (SSSR count). The van der Waals surface area contributed by atoms with E-state index in [4.69, 9.17) is 14.6 Å². The van der Waals surface area contributed by atoms with Crippen LogP contribution in [0.25, 0.3) is 0 Å². The lowest BCUT2D eigenvalue weighted by Gasteiger charge is -2.10. The van der Waals surface area contributed by atoms with E-state index < -0.39 is 6.29 Å². The molecule has 1 saturated heterocycles. The second-order valence-corrected chi connectivity index (χ2v) is 3.66. The van der Waals surface area contributed by atoms with Crippen molar-refractivity contribution < 1.29 is 14.6 Å². The Morgan fingerprint density at radius 2 is 1.94 bits per heavy atom. The second kappa shape index (κ2) is 8.98. The maximum atomic E-state index is 9.09. The lowest BCUT2D eigenvalue weighted by atomic mass is 10.3. The van der Waals surface area contributed by atoms with Crippen LogP contribution in [0.4, 0.5) is 0 Å². The monoisotopic (exact) mass is 239 g/mol. The van der Waals surface area contributed by atoms with Crippen LogP contribution in [0.3, 0.4) is 0 Å².